The van der Waals surface area contributed by atoms with E-state index in [0.29, 0.717) is 46.4 Å². The van der Waals surface area contributed by atoms with E-state index in [1.54, 1.807) is 43.8 Å². The Labute approximate surface area is 178 Å². The number of nitrogens with two attached hydrogens (primary N) is 1. The number of benzene rings is 1. The van der Waals surface area contributed by atoms with E-state index in [1.165, 1.54) is 18.1 Å². The van der Waals surface area contributed by atoms with Crippen LogP contribution in [0.25, 0.3) is 11.1 Å². The highest BCUT2D eigenvalue weighted by atomic mass is 32.2. The summed E-state index contributed by atoms with van der Waals surface area (Å²) in [6.07, 6.45) is 4.85. The molecule has 30 heavy (non-hydrogen) atoms. The second kappa shape index (κ2) is 10.2. The summed E-state index contributed by atoms with van der Waals surface area (Å²) in [6.45, 7) is 0.905. The van der Waals surface area contributed by atoms with Gasteiger partial charge < -0.3 is 15.2 Å². The van der Waals surface area contributed by atoms with Crippen molar-refractivity contribution in [2.75, 3.05) is 26.1 Å². The van der Waals surface area contributed by atoms with Gasteiger partial charge in [0.15, 0.2) is 0 Å². The van der Waals surface area contributed by atoms with E-state index in [-0.39, 0.29) is 11.4 Å². The number of aromatic nitrogens is 3. The fourth-order valence-corrected chi connectivity index (χ4v) is 3.62. The summed E-state index contributed by atoms with van der Waals surface area (Å²) < 4.78 is 10.5. The van der Waals surface area contributed by atoms with Gasteiger partial charge in [0.2, 0.25) is 0 Å². The first-order chi connectivity index (χ1) is 14.7. The van der Waals surface area contributed by atoms with E-state index < -0.39 is 0 Å². The van der Waals surface area contributed by atoms with Gasteiger partial charge in [0.1, 0.15) is 47.2 Å². The molecular weight excluding hydrogens is 400 g/mol. The first-order valence-corrected chi connectivity index (χ1v) is 9.89. The molecule has 0 amide bonds. The largest absolute Gasteiger partial charge is 0.491 e. The number of nitriles is 2. The predicted molar refractivity (Wildman–Crippen MR) is 112 cm³/mol. The van der Waals surface area contributed by atoms with E-state index in [9.17, 15) is 10.5 Å². The van der Waals surface area contributed by atoms with Gasteiger partial charge in [-0.25, -0.2) is 15.0 Å². The highest BCUT2D eigenvalue weighted by Crippen LogP contribution is 2.37. The average molecular weight is 418 g/mol. The highest BCUT2D eigenvalue weighted by molar-refractivity contribution is 7.98. The van der Waals surface area contributed by atoms with Crippen LogP contribution < -0.4 is 10.5 Å². The van der Waals surface area contributed by atoms with Crippen LogP contribution in [0, 0.1) is 22.7 Å². The molecule has 0 radical (unpaired) electrons. The van der Waals surface area contributed by atoms with Gasteiger partial charge in [-0.3, -0.25) is 0 Å². The van der Waals surface area contributed by atoms with Crippen LogP contribution in [-0.4, -0.2) is 35.3 Å². The molecule has 0 unspecified atom stereocenters. The van der Waals surface area contributed by atoms with E-state index in [2.05, 4.69) is 27.1 Å². The number of methoxy groups -OCH3 is 1. The van der Waals surface area contributed by atoms with Gasteiger partial charge >= 0.3 is 0 Å². The fraction of sp³-hybridized carbons (Fsp3) is 0.190. The molecule has 0 aliphatic heterocycles. The Morgan fingerprint density at radius 1 is 1.03 bits per heavy atom. The minimum Gasteiger partial charge on any atom is -0.491 e. The van der Waals surface area contributed by atoms with Crippen LogP contribution in [0.4, 0.5) is 5.82 Å². The third-order valence-electron chi connectivity index (χ3n) is 4.10. The number of anilines is 1. The van der Waals surface area contributed by atoms with Crippen LogP contribution >= 0.6 is 11.8 Å². The van der Waals surface area contributed by atoms with Crippen LogP contribution in [0.2, 0.25) is 0 Å². The first kappa shape index (κ1) is 21.1. The molecule has 3 rings (SSSR count). The van der Waals surface area contributed by atoms with Crippen LogP contribution in [0.5, 0.6) is 5.75 Å². The Balaban J connectivity index is 1.97. The van der Waals surface area contributed by atoms with Gasteiger partial charge in [0, 0.05) is 30.8 Å². The first-order valence-electron chi connectivity index (χ1n) is 8.90. The zero-order valence-electron chi connectivity index (χ0n) is 16.2. The minimum absolute atomic E-state index is 0.0822. The SMILES string of the molecule is COCCOc1ccc(-c2c(C#N)c(N)nc(SCc3cncnc3)c2C#N)cc1. The molecule has 0 saturated carbocycles. The molecule has 150 valence electrons. The van der Waals surface area contributed by atoms with Gasteiger partial charge in [-0.1, -0.05) is 12.1 Å². The maximum Gasteiger partial charge on any atom is 0.143 e. The monoisotopic (exact) mass is 418 g/mol. The predicted octanol–water partition coefficient (Wildman–Crippen LogP) is 3.18. The number of nitrogens with zero attached hydrogens (tertiary/aromatic N) is 5. The molecule has 9 heteroatoms. The zero-order valence-corrected chi connectivity index (χ0v) is 17.0. The molecule has 0 fully saturated rings. The smallest absolute Gasteiger partial charge is 0.143 e. The summed E-state index contributed by atoms with van der Waals surface area (Å²) in [5.74, 6) is 1.26. The Kier molecular flexibility index (Phi) is 7.17. The summed E-state index contributed by atoms with van der Waals surface area (Å²) in [7, 11) is 1.60. The molecule has 0 aliphatic carbocycles. The lowest BCUT2D eigenvalue weighted by atomic mass is 9.97. The van der Waals surface area contributed by atoms with Crippen molar-refractivity contribution >= 4 is 17.6 Å². The standard InChI is InChI=1S/C21H18N6O2S/c1-28-6-7-29-16-4-2-15(3-5-16)19-17(8-22)20(24)27-21(18(19)9-23)30-12-14-10-25-13-26-11-14/h2-5,10-11,13H,6-7,12H2,1H3,(H2,24,27). The van der Waals surface area contributed by atoms with Crippen LogP contribution in [0.3, 0.4) is 0 Å². The fourth-order valence-electron chi connectivity index (χ4n) is 2.71. The van der Waals surface area contributed by atoms with E-state index in [1.807, 2.05) is 0 Å². The average Bonchev–Trinajstić information content (AvgIpc) is 2.78. The summed E-state index contributed by atoms with van der Waals surface area (Å²) in [5, 5.41) is 19.9. The van der Waals surface area contributed by atoms with Crippen molar-refractivity contribution < 1.29 is 9.47 Å². The summed E-state index contributed by atoms with van der Waals surface area (Å²) in [6, 6.07) is 11.4. The van der Waals surface area contributed by atoms with E-state index >= 15 is 0 Å². The van der Waals surface area contributed by atoms with Crippen molar-refractivity contribution in [3.05, 3.63) is 59.7 Å². The second-order valence-electron chi connectivity index (χ2n) is 6.05. The maximum absolute atomic E-state index is 9.85. The number of ether oxygens (including phenoxy) is 2. The van der Waals surface area contributed by atoms with Gasteiger partial charge in [-0.15, -0.1) is 11.8 Å². The van der Waals surface area contributed by atoms with Crippen LogP contribution in [0.15, 0.2) is 48.0 Å². The Bertz CT molecular complexity index is 1090. The molecule has 1 aromatic carbocycles. The molecule has 0 aliphatic rings. The van der Waals surface area contributed by atoms with Crippen LogP contribution in [0.1, 0.15) is 16.7 Å². The quantitative estimate of drug-likeness (QED) is 0.433. The van der Waals surface area contributed by atoms with E-state index in [4.69, 9.17) is 15.2 Å². The Hall–Kier alpha value is -3.66. The Morgan fingerprint density at radius 3 is 2.37 bits per heavy atom. The van der Waals surface area contributed by atoms with Crippen LogP contribution in [-0.2, 0) is 10.5 Å². The second-order valence-corrected chi connectivity index (χ2v) is 7.02. The molecule has 0 bridgehead atoms. The van der Waals surface area contributed by atoms with E-state index in [0.717, 1.165) is 5.56 Å². The van der Waals surface area contributed by atoms with Crippen molar-refractivity contribution in [3.63, 3.8) is 0 Å². The normalized spacial score (nSPS) is 10.2. The summed E-state index contributed by atoms with van der Waals surface area (Å²) >= 11 is 1.34. The lowest BCUT2D eigenvalue weighted by Crippen LogP contribution is -2.05. The number of nitrogen functional groups attached to an aromatic ring is 1. The molecule has 2 N–H and O–H groups in total. The minimum atomic E-state index is 0.0822. The maximum atomic E-state index is 9.85. The van der Waals surface area contributed by atoms with Crippen molar-refractivity contribution in [3.8, 4) is 29.0 Å². The van der Waals surface area contributed by atoms with Crippen molar-refractivity contribution in [2.24, 2.45) is 0 Å². The number of thioether (sulfide) groups is 1. The molecular formula is C21H18N6O2S. The number of hydrogen-bond acceptors (Lipinski definition) is 9. The number of hydrogen-bond donors (Lipinski definition) is 1. The lowest BCUT2D eigenvalue weighted by Gasteiger charge is -2.13. The topological polar surface area (TPSA) is 131 Å². The number of rotatable bonds is 8. The number of pyridine rings is 1. The van der Waals surface area contributed by atoms with Crippen molar-refractivity contribution in [1.29, 1.82) is 10.5 Å². The molecule has 0 atom stereocenters. The van der Waals surface area contributed by atoms with Gasteiger partial charge in [-0.05, 0) is 23.3 Å². The molecule has 0 saturated heterocycles. The Morgan fingerprint density at radius 2 is 1.73 bits per heavy atom. The molecule has 2 heterocycles. The highest BCUT2D eigenvalue weighted by Gasteiger charge is 2.20. The summed E-state index contributed by atoms with van der Waals surface area (Å²) in [5.41, 5.74) is 8.56. The molecule has 0 spiro atoms. The molecule has 3 aromatic rings. The van der Waals surface area contributed by atoms with Gasteiger partial charge in [0.05, 0.1) is 12.2 Å². The zero-order chi connectivity index (χ0) is 21.3. The van der Waals surface area contributed by atoms with Crippen molar-refractivity contribution in [2.45, 2.75) is 10.8 Å². The third-order valence-corrected chi connectivity index (χ3v) is 5.15. The van der Waals surface area contributed by atoms with Crippen molar-refractivity contribution in [1.82, 2.24) is 15.0 Å². The molecule has 8 nitrogen and oxygen atoms in total. The summed E-state index contributed by atoms with van der Waals surface area (Å²) in [4.78, 5) is 12.3. The molecule has 2 aromatic heterocycles. The third kappa shape index (κ3) is 4.84. The lowest BCUT2D eigenvalue weighted by molar-refractivity contribution is 0.146. The van der Waals surface area contributed by atoms with Gasteiger partial charge in [0.25, 0.3) is 0 Å². The van der Waals surface area contributed by atoms with Gasteiger partial charge in [-0.2, -0.15) is 10.5 Å².